The number of hydrogen-bond acceptors (Lipinski definition) is 1. The molecule has 14 heavy (non-hydrogen) atoms. The van der Waals surface area contributed by atoms with Gasteiger partial charge in [0.1, 0.15) is 0 Å². The van der Waals surface area contributed by atoms with Crippen molar-refractivity contribution in [1.82, 2.24) is 0 Å². The lowest BCUT2D eigenvalue weighted by molar-refractivity contribution is 0.440. The highest BCUT2D eigenvalue weighted by Crippen LogP contribution is 2.22. The van der Waals surface area contributed by atoms with Crippen LogP contribution in [0.25, 0.3) is 10.8 Å². The summed E-state index contributed by atoms with van der Waals surface area (Å²) in [6, 6.07) is 13.6. The lowest BCUT2D eigenvalue weighted by atomic mass is 10.1. The molecule has 0 heterocycles. The van der Waals surface area contributed by atoms with Gasteiger partial charge in [-0.3, -0.25) is 5.11 Å². The Morgan fingerprint density at radius 1 is 1.07 bits per heavy atom. The summed E-state index contributed by atoms with van der Waals surface area (Å²) in [6.07, 6.45) is 0. The minimum atomic E-state index is -0.457. The van der Waals surface area contributed by atoms with E-state index < -0.39 is 5.17 Å². The molecule has 2 nitrogen and oxygen atoms in total. The van der Waals surface area contributed by atoms with Crippen LogP contribution in [-0.2, 0) is 5.11 Å². The molecule has 69 valence electrons. The molecule has 0 bridgehead atoms. The number of hydrogen-bond donors (Lipinski definition) is 1. The molecule has 0 aliphatic heterocycles. The van der Waals surface area contributed by atoms with Crippen LogP contribution in [0.5, 0.6) is 0 Å². The maximum atomic E-state index is 10.8. The van der Waals surface area contributed by atoms with Crippen LogP contribution in [0.4, 0.5) is 5.69 Å². The zero-order chi connectivity index (χ0) is 9.97. The van der Waals surface area contributed by atoms with Crippen molar-refractivity contribution in [2.75, 3.05) is 5.32 Å². The van der Waals surface area contributed by atoms with Gasteiger partial charge in [0.25, 0.3) is 0 Å². The number of fused-ring (bicyclic) bond motifs is 1. The van der Waals surface area contributed by atoms with Crippen LogP contribution in [0.2, 0.25) is 0 Å². The monoisotopic (exact) mass is 202 g/mol. The van der Waals surface area contributed by atoms with Gasteiger partial charge < -0.3 is 5.32 Å². The second-order valence-electron chi connectivity index (χ2n) is 2.94. The first-order valence-corrected chi connectivity index (χ1v) is 4.64. The summed E-state index contributed by atoms with van der Waals surface area (Å²) in [5.41, 5.74) is 0.767. The molecule has 0 aliphatic carbocycles. The van der Waals surface area contributed by atoms with Crippen LogP contribution in [0.3, 0.4) is 0 Å². The SMILES string of the molecule is [O]C(=S)Nc1cccc2ccccc12. The molecule has 2 aromatic carbocycles. The van der Waals surface area contributed by atoms with Gasteiger partial charge in [-0.2, -0.15) is 0 Å². The second-order valence-corrected chi connectivity index (χ2v) is 3.31. The van der Waals surface area contributed by atoms with Crippen molar-refractivity contribution >= 4 is 33.9 Å². The van der Waals surface area contributed by atoms with E-state index in [-0.39, 0.29) is 0 Å². The van der Waals surface area contributed by atoms with Crippen LogP contribution < -0.4 is 5.32 Å². The second kappa shape index (κ2) is 3.64. The van der Waals surface area contributed by atoms with E-state index in [1.165, 1.54) is 0 Å². The van der Waals surface area contributed by atoms with Gasteiger partial charge in [0, 0.05) is 11.1 Å². The Balaban J connectivity index is 2.59. The molecule has 0 spiro atoms. The van der Waals surface area contributed by atoms with E-state index in [0.29, 0.717) is 0 Å². The van der Waals surface area contributed by atoms with Crippen molar-refractivity contribution in [3.8, 4) is 0 Å². The van der Waals surface area contributed by atoms with Crippen molar-refractivity contribution in [2.45, 2.75) is 0 Å². The van der Waals surface area contributed by atoms with E-state index in [9.17, 15) is 5.11 Å². The number of benzene rings is 2. The maximum absolute atomic E-state index is 10.8. The molecule has 1 radical (unpaired) electrons. The molecule has 0 aliphatic rings. The van der Waals surface area contributed by atoms with E-state index in [2.05, 4.69) is 17.5 Å². The van der Waals surface area contributed by atoms with Crippen LogP contribution in [0.15, 0.2) is 42.5 Å². The van der Waals surface area contributed by atoms with Crippen molar-refractivity contribution in [3.63, 3.8) is 0 Å². The Kier molecular flexibility index (Phi) is 2.33. The first-order valence-electron chi connectivity index (χ1n) is 4.23. The van der Waals surface area contributed by atoms with Gasteiger partial charge in [-0.1, -0.05) is 36.4 Å². The minimum Gasteiger partial charge on any atom is -0.312 e. The summed E-state index contributed by atoms with van der Waals surface area (Å²) < 4.78 is 0. The highest BCUT2D eigenvalue weighted by Gasteiger charge is 2.01. The fraction of sp³-hybridized carbons (Fsp3) is 0. The molecule has 0 fully saturated rings. The van der Waals surface area contributed by atoms with Crippen molar-refractivity contribution < 1.29 is 5.11 Å². The average Bonchev–Trinajstić information content (AvgIpc) is 2.18. The molecule has 0 aromatic heterocycles. The zero-order valence-electron chi connectivity index (χ0n) is 7.36. The summed E-state index contributed by atoms with van der Waals surface area (Å²) in [6.45, 7) is 0. The summed E-state index contributed by atoms with van der Waals surface area (Å²) in [5.74, 6) is 0. The van der Waals surface area contributed by atoms with Crippen LogP contribution in [-0.4, -0.2) is 5.17 Å². The quantitative estimate of drug-likeness (QED) is 0.721. The third-order valence-corrected chi connectivity index (χ3v) is 2.13. The first-order chi connectivity index (χ1) is 6.77. The Morgan fingerprint density at radius 3 is 2.57 bits per heavy atom. The fourth-order valence-corrected chi connectivity index (χ4v) is 1.55. The third kappa shape index (κ3) is 1.67. The largest absolute Gasteiger partial charge is 0.314 e. The Morgan fingerprint density at radius 2 is 1.79 bits per heavy atom. The molecule has 2 rings (SSSR count). The first kappa shape index (κ1) is 8.97. The highest BCUT2D eigenvalue weighted by atomic mass is 32.1. The molecule has 0 atom stereocenters. The van der Waals surface area contributed by atoms with Crippen LogP contribution >= 0.6 is 12.2 Å². The summed E-state index contributed by atoms with van der Waals surface area (Å²) >= 11 is 4.47. The molecule has 0 saturated heterocycles. The Labute approximate surface area is 87.2 Å². The molecule has 3 heteroatoms. The predicted molar refractivity (Wildman–Crippen MR) is 60.9 cm³/mol. The van der Waals surface area contributed by atoms with E-state index >= 15 is 0 Å². The van der Waals surface area contributed by atoms with Crippen LogP contribution in [0, 0.1) is 0 Å². The summed E-state index contributed by atoms with van der Waals surface area (Å²) in [7, 11) is 0. The lowest BCUT2D eigenvalue weighted by Crippen LogP contribution is -2.05. The lowest BCUT2D eigenvalue weighted by Gasteiger charge is -2.05. The fourth-order valence-electron chi connectivity index (χ4n) is 1.44. The zero-order valence-corrected chi connectivity index (χ0v) is 8.17. The molecule has 2 aromatic rings. The average molecular weight is 202 g/mol. The molecule has 1 N–H and O–H groups in total. The van der Waals surface area contributed by atoms with Gasteiger partial charge in [-0.25, -0.2) is 0 Å². The van der Waals surface area contributed by atoms with Crippen molar-refractivity contribution in [1.29, 1.82) is 0 Å². The molecular weight excluding hydrogens is 194 g/mol. The van der Waals surface area contributed by atoms with E-state index in [4.69, 9.17) is 0 Å². The number of rotatable bonds is 1. The summed E-state index contributed by atoms with van der Waals surface area (Å²) in [4.78, 5) is 0. The van der Waals surface area contributed by atoms with Gasteiger partial charge in [0.05, 0.1) is 0 Å². The van der Waals surface area contributed by atoms with Crippen LogP contribution in [0.1, 0.15) is 0 Å². The molecular formula is C11H8NOS. The van der Waals surface area contributed by atoms with Crippen molar-refractivity contribution in [3.05, 3.63) is 42.5 Å². The number of thiocarbonyl (C=S) groups is 1. The number of nitrogens with one attached hydrogen (secondary N) is 1. The summed E-state index contributed by atoms with van der Waals surface area (Å²) in [5, 5.41) is 15.0. The standard InChI is InChI=1S/C11H8NOS/c13-11(14)12-10-7-3-5-8-4-1-2-6-9(8)10/h1-7H,(H,12,14). The predicted octanol–water partition coefficient (Wildman–Crippen LogP) is 2.97. The van der Waals surface area contributed by atoms with Gasteiger partial charge in [0.2, 0.25) is 0 Å². The van der Waals surface area contributed by atoms with E-state index in [0.717, 1.165) is 16.5 Å². The normalized spacial score (nSPS) is 10.0. The van der Waals surface area contributed by atoms with E-state index in [1.54, 1.807) is 0 Å². The number of anilines is 1. The Hall–Kier alpha value is -1.61. The third-order valence-electron chi connectivity index (χ3n) is 2.03. The molecule has 0 unspecified atom stereocenters. The van der Waals surface area contributed by atoms with Gasteiger partial charge in [-0.05, 0) is 23.7 Å². The molecule has 0 saturated carbocycles. The molecule has 0 amide bonds. The highest BCUT2D eigenvalue weighted by molar-refractivity contribution is 7.80. The van der Waals surface area contributed by atoms with Crippen molar-refractivity contribution in [2.24, 2.45) is 0 Å². The Bertz CT molecular complexity index is 476. The topological polar surface area (TPSA) is 31.9 Å². The van der Waals surface area contributed by atoms with Gasteiger partial charge in [-0.15, -0.1) is 0 Å². The maximum Gasteiger partial charge on any atom is 0.314 e. The smallest absolute Gasteiger partial charge is 0.312 e. The minimum absolute atomic E-state index is 0.457. The van der Waals surface area contributed by atoms with Gasteiger partial charge >= 0.3 is 5.17 Å². The van der Waals surface area contributed by atoms with E-state index in [1.807, 2.05) is 42.5 Å². The van der Waals surface area contributed by atoms with Gasteiger partial charge in [0.15, 0.2) is 0 Å².